The van der Waals surface area contributed by atoms with Crippen LogP contribution in [0.3, 0.4) is 0 Å². The predicted molar refractivity (Wildman–Crippen MR) is 98.3 cm³/mol. The van der Waals surface area contributed by atoms with E-state index in [1.165, 1.54) is 16.0 Å². The molecule has 132 valence electrons. The first-order chi connectivity index (χ1) is 12.1. The molecular weight excluding hydrogens is 318 g/mol. The van der Waals surface area contributed by atoms with Gasteiger partial charge < -0.3 is 25.7 Å². The lowest BCUT2D eigenvalue weighted by molar-refractivity contribution is 0.0750. The van der Waals surface area contributed by atoms with Crippen LogP contribution in [0.1, 0.15) is 11.1 Å². The summed E-state index contributed by atoms with van der Waals surface area (Å²) < 4.78 is 0. The number of aliphatic hydroxyl groups excluding tert-OH is 2. The molecule has 0 saturated heterocycles. The Labute approximate surface area is 147 Å². The number of nitrogens with one attached hydrogen (secondary N) is 2. The second-order valence-corrected chi connectivity index (χ2v) is 6.30. The minimum atomic E-state index is -0.944. The number of rotatable bonds is 4. The summed E-state index contributed by atoms with van der Waals surface area (Å²) in [5.41, 5.74) is 5.25. The molecule has 3 rings (SSSR count). The van der Waals surface area contributed by atoms with Crippen LogP contribution in [0.2, 0.25) is 0 Å². The van der Waals surface area contributed by atoms with Crippen molar-refractivity contribution in [1.29, 1.82) is 0 Å². The first-order valence-corrected chi connectivity index (χ1v) is 8.35. The molecule has 6 nitrogen and oxygen atoms in total. The van der Waals surface area contributed by atoms with Crippen LogP contribution in [0.15, 0.2) is 42.5 Å². The number of para-hydroxylation sites is 1. The zero-order chi connectivity index (χ0) is 17.8. The van der Waals surface area contributed by atoms with Crippen LogP contribution in [0.4, 0.5) is 21.9 Å². The molecule has 6 heteroatoms. The van der Waals surface area contributed by atoms with Crippen LogP contribution < -0.4 is 10.6 Å². The molecule has 1 aliphatic rings. The van der Waals surface area contributed by atoms with Crippen molar-refractivity contribution in [2.75, 3.05) is 30.8 Å². The minimum Gasteiger partial charge on any atom is -0.394 e. The zero-order valence-electron chi connectivity index (χ0n) is 14.2. The van der Waals surface area contributed by atoms with Crippen LogP contribution in [0.25, 0.3) is 0 Å². The monoisotopic (exact) mass is 341 g/mol. The number of likely N-dealkylation sites (N-methyl/N-ethyl adjacent to an activating group) is 1. The number of carbonyl (C=O) groups is 1. The highest BCUT2D eigenvalue weighted by Gasteiger charge is 2.16. The Morgan fingerprint density at radius 2 is 1.92 bits per heavy atom. The fraction of sp³-hybridized carbons (Fsp3) is 0.316. The molecule has 1 atom stereocenters. The van der Waals surface area contributed by atoms with Crippen LogP contribution >= 0.6 is 0 Å². The van der Waals surface area contributed by atoms with E-state index in [4.69, 9.17) is 5.11 Å². The van der Waals surface area contributed by atoms with Crippen molar-refractivity contribution in [3.63, 3.8) is 0 Å². The fourth-order valence-electron chi connectivity index (χ4n) is 2.94. The van der Waals surface area contributed by atoms with Crippen molar-refractivity contribution in [2.24, 2.45) is 0 Å². The maximum Gasteiger partial charge on any atom is 0.321 e. The molecule has 0 unspecified atom stereocenters. The number of benzene rings is 2. The number of aliphatic hydroxyl groups is 2. The van der Waals surface area contributed by atoms with E-state index in [1.807, 2.05) is 30.3 Å². The second-order valence-electron chi connectivity index (χ2n) is 6.30. The number of hydrogen-bond acceptors (Lipinski definition) is 4. The van der Waals surface area contributed by atoms with Crippen molar-refractivity contribution in [3.05, 3.63) is 53.6 Å². The molecule has 2 amide bonds. The average Bonchev–Trinajstić information content (AvgIpc) is 2.80. The van der Waals surface area contributed by atoms with Crippen molar-refractivity contribution in [3.8, 4) is 0 Å². The van der Waals surface area contributed by atoms with E-state index in [-0.39, 0.29) is 19.2 Å². The number of urea groups is 1. The van der Waals surface area contributed by atoms with Gasteiger partial charge in [-0.25, -0.2) is 4.79 Å². The minimum absolute atomic E-state index is 0.0684. The standard InChI is InChI=1S/C19H23N3O3/c1-22(11-16(24)12-23)19(25)20-15-9-8-14-7-6-13-4-2-3-5-17(13)21-18(14)10-15/h2-5,8-10,16,21,23-24H,6-7,11-12H2,1H3,(H,20,25)/t16-/m0/s1. The van der Waals surface area contributed by atoms with Gasteiger partial charge in [0.05, 0.1) is 19.3 Å². The SMILES string of the molecule is CN(C[C@H](O)CO)C(=O)Nc1ccc2c(c1)Nc1ccccc1CC2. The highest BCUT2D eigenvalue weighted by Crippen LogP contribution is 2.31. The van der Waals surface area contributed by atoms with E-state index in [0.717, 1.165) is 24.2 Å². The van der Waals surface area contributed by atoms with Gasteiger partial charge in [-0.15, -0.1) is 0 Å². The number of amides is 2. The van der Waals surface area contributed by atoms with Gasteiger partial charge in [0.15, 0.2) is 0 Å². The Bertz CT molecular complexity index is 763. The number of hydrogen-bond donors (Lipinski definition) is 4. The van der Waals surface area contributed by atoms with Gasteiger partial charge in [-0.1, -0.05) is 24.3 Å². The molecule has 0 bridgehead atoms. The first-order valence-electron chi connectivity index (χ1n) is 8.35. The molecule has 1 aliphatic heterocycles. The number of nitrogens with zero attached hydrogens (tertiary/aromatic N) is 1. The average molecular weight is 341 g/mol. The van der Waals surface area contributed by atoms with Crippen molar-refractivity contribution < 1.29 is 15.0 Å². The molecular formula is C19H23N3O3. The summed E-state index contributed by atoms with van der Waals surface area (Å²) in [7, 11) is 1.58. The number of fused-ring (bicyclic) bond motifs is 2. The molecule has 1 heterocycles. The highest BCUT2D eigenvalue weighted by molar-refractivity contribution is 5.90. The van der Waals surface area contributed by atoms with Gasteiger partial charge >= 0.3 is 6.03 Å². The highest BCUT2D eigenvalue weighted by atomic mass is 16.3. The second kappa shape index (κ2) is 7.55. The van der Waals surface area contributed by atoms with Crippen LogP contribution in [-0.2, 0) is 12.8 Å². The maximum absolute atomic E-state index is 12.2. The van der Waals surface area contributed by atoms with Gasteiger partial charge in [0.25, 0.3) is 0 Å². The van der Waals surface area contributed by atoms with E-state index < -0.39 is 6.10 Å². The molecule has 2 aromatic rings. The Morgan fingerprint density at radius 1 is 1.20 bits per heavy atom. The summed E-state index contributed by atoms with van der Waals surface area (Å²) in [5, 5.41) is 24.6. The van der Waals surface area contributed by atoms with E-state index in [1.54, 1.807) is 7.05 Å². The van der Waals surface area contributed by atoms with Gasteiger partial charge in [0.2, 0.25) is 0 Å². The largest absolute Gasteiger partial charge is 0.394 e. The number of aryl methyl sites for hydroxylation is 2. The van der Waals surface area contributed by atoms with Gasteiger partial charge in [0, 0.05) is 24.1 Å². The molecule has 0 fully saturated rings. The molecule has 0 spiro atoms. The molecule has 2 aromatic carbocycles. The van der Waals surface area contributed by atoms with Crippen molar-refractivity contribution >= 4 is 23.1 Å². The summed E-state index contributed by atoms with van der Waals surface area (Å²) in [6.07, 6.45) is 0.973. The van der Waals surface area contributed by atoms with Crippen molar-refractivity contribution in [2.45, 2.75) is 18.9 Å². The third-order valence-corrected chi connectivity index (χ3v) is 4.35. The van der Waals surface area contributed by atoms with Crippen LogP contribution in [0.5, 0.6) is 0 Å². The molecule has 0 radical (unpaired) electrons. The first kappa shape index (κ1) is 17.3. The number of anilines is 3. The number of carbonyl (C=O) groups excluding carboxylic acids is 1. The van der Waals surface area contributed by atoms with Crippen molar-refractivity contribution in [1.82, 2.24) is 4.90 Å². The summed E-state index contributed by atoms with van der Waals surface area (Å²) in [5.74, 6) is 0. The Kier molecular flexibility index (Phi) is 5.21. The molecule has 0 aromatic heterocycles. The molecule has 4 N–H and O–H groups in total. The quantitative estimate of drug-likeness (QED) is 0.688. The molecule has 25 heavy (non-hydrogen) atoms. The fourth-order valence-corrected chi connectivity index (χ4v) is 2.94. The third-order valence-electron chi connectivity index (χ3n) is 4.35. The van der Waals surface area contributed by atoms with Crippen LogP contribution in [0, 0.1) is 0 Å². The van der Waals surface area contributed by atoms with Gasteiger partial charge in [-0.05, 0) is 42.2 Å². The summed E-state index contributed by atoms with van der Waals surface area (Å²) in [6.45, 7) is -0.307. The Morgan fingerprint density at radius 3 is 2.68 bits per heavy atom. The molecule has 0 aliphatic carbocycles. The van der Waals surface area contributed by atoms with Crippen LogP contribution in [-0.4, -0.2) is 47.4 Å². The van der Waals surface area contributed by atoms with Gasteiger partial charge in [0.1, 0.15) is 0 Å². The lowest BCUT2D eigenvalue weighted by Gasteiger charge is -2.20. The lowest BCUT2D eigenvalue weighted by atomic mass is 10.0. The van der Waals surface area contributed by atoms with Gasteiger partial charge in [-0.3, -0.25) is 0 Å². The smallest absolute Gasteiger partial charge is 0.321 e. The summed E-state index contributed by atoms with van der Waals surface area (Å²) >= 11 is 0. The topological polar surface area (TPSA) is 84.8 Å². The Hall–Kier alpha value is -2.57. The van der Waals surface area contributed by atoms with E-state index in [2.05, 4.69) is 22.8 Å². The van der Waals surface area contributed by atoms with Gasteiger partial charge in [-0.2, -0.15) is 0 Å². The predicted octanol–water partition coefficient (Wildman–Crippen LogP) is 2.35. The summed E-state index contributed by atoms with van der Waals surface area (Å²) in [6, 6.07) is 13.7. The van der Waals surface area contributed by atoms with E-state index in [9.17, 15) is 9.90 Å². The van der Waals surface area contributed by atoms with E-state index >= 15 is 0 Å². The maximum atomic E-state index is 12.2. The molecule has 0 saturated carbocycles. The zero-order valence-corrected chi connectivity index (χ0v) is 14.2. The normalized spacial score (nSPS) is 13.7. The van der Waals surface area contributed by atoms with E-state index in [0.29, 0.717) is 5.69 Å². The third kappa shape index (κ3) is 4.10. The Balaban J connectivity index is 1.74. The lowest BCUT2D eigenvalue weighted by Crippen LogP contribution is -2.38. The summed E-state index contributed by atoms with van der Waals surface area (Å²) in [4.78, 5) is 13.5.